The zero-order valence-corrected chi connectivity index (χ0v) is 10.8. The van der Waals surface area contributed by atoms with Crippen molar-refractivity contribution in [1.82, 2.24) is 0 Å². The Balaban J connectivity index is 1.86. The van der Waals surface area contributed by atoms with Crippen molar-refractivity contribution < 1.29 is 4.74 Å². The molecule has 5 unspecified atom stereocenters. The molecule has 2 rings (SSSR count). The van der Waals surface area contributed by atoms with Crippen molar-refractivity contribution in [2.75, 3.05) is 0 Å². The van der Waals surface area contributed by atoms with Crippen LogP contribution in [0.15, 0.2) is 0 Å². The van der Waals surface area contributed by atoms with Crippen LogP contribution in [0, 0.1) is 11.8 Å². The van der Waals surface area contributed by atoms with Gasteiger partial charge in [0.1, 0.15) is 0 Å². The van der Waals surface area contributed by atoms with Crippen molar-refractivity contribution in [2.45, 2.75) is 77.0 Å². The Hall–Kier alpha value is -0.0800. The van der Waals surface area contributed by atoms with Crippen LogP contribution in [-0.4, -0.2) is 18.2 Å². The minimum absolute atomic E-state index is 0.291. The van der Waals surface area contributed by atoms with Crippen molar-refractivity contribution in [1.29, 1.82) is 0 Å². The number of ether oxygens (including phenoxy) is 1. The molecule has 2 aliphatic rings. The van der Waals surface area contributed by atoms with Gasteiger partial charge in [-0.3, -0.25) is 0 Å². The van der Waals surface area contributed by atoms with Crippen molar-refractivity contribution in [3.63, 3.8) is 0 Å². The second-order valence-electron chi connectivity index (χ2n) is 5.84. The van der Waals surface area contributed by atoms with Gasteiger partial charge in [0.25, 0.3) is 0 Å². The lowest BCUT2D eigenvalue weighted by atomic mass is 9.75. The highest BCUT2D eigenvalue weighted by molar-refractivity contribution is 4.88. The van der Waals surface area contributed by atoms with Crippen molar-refractivity contribution in [3.8, 4) is 0 Å². The van der Waals surface area contributed by atoms with Gasteiger partial charge in [0.05, 0.1) is 12.2 Å². The third kappa shape index (κ3) is 2.78. The molecular formula is C14H27NO. The van der Waals surface area contributed by atoms with Crippen LogP contribution >= 0.6 is 0 Å². The average molecular weight is 225 g/mol. The molecule has 2 heteroatoms. The first-order chi connectivity index (χ1) is 7.70. The first-order valence-electron chi connectivity index (χ1n) is 7.11. The van der Waals surface area contributed by atoms with E-state index in [1.165, 1.54) is 44.9 Å². The fourth-order valence-electron chi connectivity index (χ4n) is 3.47. The number of nitrogens with two attached hydrogens (primary N) is 1. The summed E-state index contributed by atoms with van der Waals surface area (Å²) in [4.78, 5) is 0. The number of hydrogen-bond acceptors (Lipinski definition) is 2. The lowest BCUT2D eigenvalue weighted by Gasteiger charge is -2.34. The molecule has 0 bridgehead atoms. The molecule has 1 aliphatic heterocycles. The predicted molar refractivity (Wildman–Crippen MR) is 67.3 cm³/mol. The van der Waals surface area contributed by atoms with Crippen LogP contribution in [0.3, 0.4) is 0 Å². The highest BCUT2D eigenvalue weighted by atomic mass is 16.5. The molecule has 5 atom stereocenters. The van der Waals surface area contributed by atoms with Gasteiger partial charge in [-0.05, 0) is 44.4 Å². The van der Waals surface area contributed by atoms with Crippen LogP contribution in [0.1, 0.15) is 58.8 Å². The molecular weight excluding hydrogens is 198 g/mol. The Bertz CT molecular complexity index is 219. The molecule has 1 heterocycles. The number of hydrogen-bond donors (Lipinski definition) is 1. The minimum Gasteiger partial charge on any atom is -0.374 e. The van der Waals surface area contributed by atoms with Crippen molar-refractivity contribution >= 4 is 0 Å². The Morgan fingerprint density at radius 2 is 2.06 bits per heavy atom. The Morgan fingerprint density at radius 3 is 2.69 bits per heavy atom. The summed E-state index contributed by atoms with van der Waals surface area (Å²) < 4.78 is 5.92. The molecule has 0 radical (unpaired) electrons. The monoisotopic (exact) mass is 225 g/mol. The third-order valence-electron chi connectivity index (χ3n) is 4.64. The average Bonchev–Trinajstić information content (AvgIpc) is 2.75. The SMILES string of the molecule is CCC1CCCC(C(N)C2CCC(C)O2)C1. The first-order valence-corrected chi connectivity index (χ1v) is 7.11. The summed E-state index contributed by atoms with van der Waals surface area (Å²) in [5.74, 6) is 1.64. The van der Waals surface area contributed by atoms with E-state index in [4.69, 9.17) is 10.5 Å². The minimum atomic E-state index is 0.291. The summed E-state index contributed by atoms with van der Waals surface area (Å²) in [6.45, 7) is 4.48. The van der Waals surface area contributed by atoms with Crippen LogP contribution < -0.4 is 5.73 Å². The summed E-state index contributed by atoms with van der Waals surface area (Å²) in [5.41, 5.74) is 6.41. The fraction of sp³-hybridized carbons (Fsp3) is 1.00. The zero-order chi connectivity index (χ0) is 11.5. The maximum Gasteiger partial charge on any atom is 0.0733 e. The largest absolute Gasteiger partial charge is 0.374 e. The topological polar surface area (TPSA) is 35.2 Å². The Morgan fingerprint density at radius 1 is 1.25 bits per heavy atom. The first kappa shape index (κ1) is 12.4. The zero-order valence-electron chi connectivity index (χ0n) is 10.8. The summed E-state index contributed by atoms with van der Waals surface area (Å²) in [6, 6.07) is 0.291. The molecule has 0 amide bonds. The molecule has 0 spiro atoms. The van der Waals surface area contributed by atoms with Gasteiger partial charge in [-0.1, -0.05) is 26.2 Å². The number of rotatable bonds is 3. The highest BCUT2D eigenvalue weighted by Gasteiger charge is 2.34. The van der Waals surface area contributed by atoms with Gasteiger partial charge in [0.2, 0.25) is 0 Å². The summed E-state index contributed by atoms with van der Waals surface area (Å²) in [5, 5.41) is 0. The molecule has 0 aromatic heterocycles. The maximum absolute atomic E-state index is 6.41. The summed E-state index contributed by atoms with van der Waals surface area (Å²) in [6.07, 6.45) is 9.93. The smallest absolute Gasteiger partial charge is 0.0733 e. The van der Waals surface area contributed by atoms with Gasteiger partial charge in [0, 0.05) is 6.04 Å². The summed E-state index contributed by atoms with van der Waals surface area (Å²) in [7, 11) is 0. The lowest BCUT2D eigenvalue weighted by molar-refractivity contribution is 0.0192. The molecule has 16 heavy (non-hydrogen) atoms. The third-order valence-corrected chi connectivity index (χ3v) is 4.64. The van der Waals surface area contributed by atoms with Crippen molar-refractivity contribution in [3.05, 3.63) is 0 Å². The molecule has 1 saturated heterocycles. The maximum atomic E-state index is 6.41. The second-order valence-corrected chi connectivity index (χ2v) is 5.84. The molecule has 94 valence electrons. The van der Waals surface area contributed by atoms with E-state index in [1.54, 1.807) is 0 Å². The van der Waals surface area contributed by atoms with E-state index >= 15 is 0 Å². The van der Waals surface area contributed by atoms with Gasteiger partial charge < -0.3 is 10.5 Å². The van der Waals surface area contributed by atoms with E-state index in [-0.39, 0.29) is 0 Å². The standard InChI is InChI=1S/C14H27NO/c1-3-11-5-4-6-12(9-11)14(15)13-8-7-10(2)16-13/h10-14H,3-9,15H2,1-2H3. The second kappa shape index (κ2) is 5.50. The highest BCUT2D eigenvalue weighted by Crippen LogP contribution is 2.35. The molecule has 2 N–H and O–H groups in total. The molecule has 0 aromatic rings. The predicted octanol–water partition coefficient (Wildman–Crippen LogP) is 3.10. The molecule has 1 aliphatic carbocycles. The van der Waals surface area contributed by atoms with Gasteiger partial charge >= 0.3 is 0 Å². The van der Waals surface area contributed by atoms with E-state index in [1.807, 2.05) is 0 Å². The molecule has 2 fully saturated rings. The Kier molecular flexibility index (Phi) is 4.26. The normalized spacial score (nSPS) is 42.2. The van der Waals surface area contributed by atoms with Crippen LogP contribution in [0.4, 0.5) is 0 Å². The van der Waals surface area contributed by atoms with Gasteiger partial charge in [0.15, 0.2) is 0 Å². The van der Waals surface area contributed by atoms with Crippen molar-refractivity contribution in [2.24, 2.45) is 17.6 Å². The van der Waals surface area contributed by atoms with Crippen LogP contribution in [0.5, 0.6) is 0 Å². The molecule has 2 nitrogen and oxygen atoms in total. The van der Waals surface area contributed by atoms with E-state index in [9.17, 15) is 0 Å². The van der Waals surface area contributed by atoms with E-state index in [2.05, 4.69) is 13.8 Å². The van der Waals surface area contributed by atoms with Crippen LogP contribution in [-0.2, 0) is 4.74 Å². The van der Waals surface area contributed by atoms with E-state index < -0.39 is 0 Å². The Labute approximate surface area is 99.9 Å². The van der Waals surface area contributed by atoms with Crippen LogP contribution in [0.25, 0.3) is 0 Å². The fourth-order valence-corrected chi connectivity index (χ4v) is 3.47. The quantitative estimate of drug-likeness (QED) is 0.801. The van der Waals surface area contributed by atoms with Gasteiger partial charge in [-0.2, -0.15) is 0 Å². The van der Waals surface area contributed by atoms with Gasteiger partial charge in [-0.25, -0.2) is 0 Å². The molecule has 0 aromatic carbocycles. The summed E-state index contributed by atoms with van der Waals surface area (Å²) >= 11 is 0. The lowest BCUT2D eigenvalue weighted by Crippen LogP contribution is -2.43. The molecule has 1 saturated carbocycles. The van der Waals surface area contributed by atoms with Gasteiger partial charge in [-0.15, -0.1) is 0 Å². The van der Waals surface area contributed by atoms with Crippen LogP contribution in [0.2, 0.25) is 0 Å². The van der Waals surface area contributed by atoms with E-state index in [0.717, 1.165) is 5.92 Å². The van der Waals surface area contributed by atoms with E-state index in [0.29, 0.717) is 24.2 Å².